The number of anilines is 2. The molecule has 2 aliphatic carbocycles. The van der Waals surface area contributed by atoms with Gasteiger partial charge in [-0.05, 0) is 103 Å². The number of rotatable bonds is 14. The van der Waals surface area contributed by atoms with Crippen molar-refractivity contribution in [2.45, 2.75) is 89.0 Å². The molecule has 0 unspecified atom stereocenters. The fraction of sp³-hybridized carbons (Fsp3) is 0.476. The molecule has 20 nitrogen and oxygen atoms in total. The number of benzene rings is 8. The van der Waals surface area contributed by atoms with Crippen LogP contribution in [0.5, 0.6) is 0 Å². The van der Waals surface area contributed by atoms with E-state index in [1.807, 2.05) is 66.7 Å². The number of fused-ring (bicyclic) bond motifs is 2. The summed E-state index contributed by atoms with van der Waals surface area (Å²) in [6.45, 7) is 61.2. The summed E-state index contributed by atoms with van der Waals surface area (Å²) >= 11 is -1.43. The molecule has 10 saturated heterocycles. The molecular weight excluding hydrogens is 2230 g/mol. The zero-order chi connectivity index (χ0) is 94.1. The van der Waals surface area contributed by atoms with Crippen LogP contribution in [0.4, 0.5) is 11.4 Å². The standard InChI is InChI=1S/C21H27N2.2C15H10.3C12H24N3O3P.C9H11IS.C7H8.2CH4.BrH.4ClH.2Ru/c1-14-9-16(3)20(17(4)10-14)22-7-8-23(13-22)21-18(5)11-15(2)12-19(21)6;2*1-2-6-12(7-3-1)15-11-10-13-8-4-5-9-14(13)15;3*1-7-16-8-2-13(1)19(14-3-9-17-10-4-14)15-5-11-18-12-6-15;1-6-4-7(2)9(11-10)8(3)5-6;1-7-5-3-2-4-6-7;;;;;;;;;/h9-13H,7-8H2,1-6H3;2*1-9,11H;3*1-12H2;4-5H,1-3H3;2-6H,1H3;2*1H4;5*1H;;/q-1;;;;;;;;;;;;;;;2*+2/p-1. The SMILES string of the molecule is Br.C.C.C1CN([PH+](N2CCOCC2)N2CCOCC2)CCO1.C1CN([PH+](N2CCOCC2)N2CCOCC2)CCO1.C1CN([PH+](N2CCOCC2)N2CCOCC2)CCO1.Cc1cc(C)c(N2[CH-]N(c3c(C)cc(C)cc3C)CC2)c(C)c1.Cc1cc(C)c(SI)c(C)c1.Cc1ccccc1.[Cl][Ru]([Cl])=[C]1C=C(c2ccccc2)c2ccccc21.[Cl][Ru]([Cl])=[C]1C=C(c2ccccc2)c2ccccc21. The van der Waals surface area contributed by atoms with Gasteiger partial charge in [0.1, 0.15) is 0 Å². The van der Waals surface area contributed by atoms with Crippen LogP contribution >= 0.6 is 111 Å². The van der Waals surface area contributed by atoms with Crippen LogP contribution < -0.4 is 9.80 Å². The molecule has 0 atom stereocenters. The second-order valence-corrected chi connectivity index (χ2v) is 55.7. The van der Waals surface area contributed by atoms with E-state index < -0.39 is 52.2 Å². The van der Waals surface area contributed by atoms with E-state index >= 15 is 0 Å². The molecule has 0 aromatic heterocycles. The first-order valence-corrected chi connectivity index (χ1v) is 65.3. The number of allylic oxidation sites excluding steroid dienone is 2. The van der Waals surface area contributed by atoms with Gasteiger partial charge >= 0.3 is 240 Å². The normalized spacial score (nSPS) is 19.5. The third-order valence-electron chi connectivity index (χ3n) is 24.9. The van der Waals surface area contributed by atoms with Crippen molar-refractivity contribution < 1.29 is 69.7 Å². The molecule has 0 radical (unpaired) electrons. The molecule has 20 rings (SSSR count). The van der Waals surface area contributed by atoms with Crippen molar-refractivity contribution in [2.75, 3.05) is 260 Å². The Morgan fingerprint density at radius 3 is 0.686 bits per heavy atom. The van der Waals surface area contributed by atoms with E-state index in [1.165, 1.54) is 116 Å². The Morgan fingerprint density at radius 1 is 0.277 bits per heavy atom. The zero-order valence-corrected chi connectivity index (χ0v) is 94.5. The van der Waals surface area contributed by atoms with Crippen molar-refractivity contribution >= 4 is 142 Å². The van der Waals surface area contributed by atoms with Gasteiger partial charge in [0.25, 0.3) is 0 Å². The van der Waals surface area contributed by atoms with Gasteiger partial charge in [-0.2, -0.15) is 6.67 Å². The van der Waals surface area contributed by atoms with E-state index in [0.717, 1.165) is 258 Å². The van der Waals surface area contributed by atoms with Crippen LogP contribution in [0.15, 0.2) is 193 Å². The van der Waals surface area contributed by atoms with E-state index in [4.69, 9.17) is 81.4 Å². The van der Waals surface area contributed by atoms with E-state index in [2.05, 4.69) is 270 Å². The van der Waals surface area contributed by atoms with Crippen LogP contribution in [0.2, 0.25) is 0 Å². The summed E-state index contributed by atoms with van der Waals surface area (Å²) in [6, 6.07) is 61.2. The Bertz CT molecular complexity index is 4580. The van der Waals surface area contributed by atoms with Gasteiger partial charge in [0, 0.05) is 50.6 Å². The molecule has 12 aliphatic rings. The molecule has 756 valence electrons. The molecule has 10 heterocycles. The number of nitrogens with zero attached hydrogens (tertiary/aromatic N) is 11. The Balaban J connectivity index is 0.000000163. The van der Waals surface area contributed by atoms with Crippen molar-refractivity contribution in [2.24, 2.45) is 0 Å². The molecule has 10 fully saturated rings. The van der Waals surface area contributed by atoms with Gasteiger partial charge in [-0.15, -0.1) is 59.0 Å². The van der Waals surface area contributed by atoms with E-state index in [1.54, 1.807) is 8.93 Å². The number of hydrogen-bond acceptors (Lipinski definition) is 21. The summed E-state index contributed by atoms with van der Waals surface area (Å²) in [6.07, 6.45) is 4.30. The van der Waals surface area contributed by atoms with Crippen molar-refractivity contribution in [1.29, 1.82) is 0 Å². The molecule has 0 bridgehead atoms. The minimum atomic E-state index is -1.88. The van der Waals surface area contributed by atoms with Crippen molar-refractivity contribution in [3.63, 3.8) is 0 Å². The third kappa shape index (κ3) is 34.3. The molecule has 0 N–H and O–H groups in total. The molecule has 0 amide bonds. The maximum absolute atomic E-state index is 6.19. The number of aryl methyl sites for hydroxylation is 10. The fourth-order valence-corrected chi connectivity index (χ4v) is 35.2. The van der Waals surface area contributed by atoms with Crippen LogP contribution in [0, 0.1) is 75.9 Å². The van der Waals surface area contributed by atoms with Gasteiger partial charge in [-0.25, -0.2) is 0 Å². The summed E-state index contributed by atoms with van der Waals surface area (Å²) in [4.78, 5) is 6.22. The van der Waals surface area contributed by atoms with Gasteiger partial charge in [-0.1, -0.05) is 113 Å². The first kappa shape index (κ1) is 116. The fourth-order valence-electron chi connectivity index (χ4n) is 18.9. The monoisotopic (exact) mass is 2380 g/mol. The van der Waals surface area contributed by atoms with Crippen LogP contribution in [-0.4, -0.2) is 300 Å². The van der Waals surface area contributed by atoms with Crippen LogP contribution in [0.3, 0.4) is 0 Å². The van der Waals surface area contributed by atoms with E-state index in [0.29, 0.717) is 0 Å². The topological polar surface area (TPSA) is 119 Å². The number of hydrogen-bond donors (Lipinski definition) is 0. The molecule has 137 heavy (non-hydrogen) atoms. The van der Waals surface area contributed by atoms with Gasteiger partial charge in [-0.3, -0.25) is 0 Å². The molecule has 8 aromatic rings. The van der Waals surface area contributed by atoms with Crippen molar-refractivity contribution in [3.8, 4) is 0 Å². The average Bonchev–Trinajstić information content (AvgIpc) is 1.63. The van der Waals surface area contributed by atoms with Crippen molar-refractivity contribution in [3.05, 3.63) is 284 Å². The van der Waals surface area contributed by atoms with Gasteiger partial charge < -0.3 is 52.4 Å². The predicted octanol–water partition coefficient (Wildman–Crippen LogP) is 21.9. The van der Waals surface area contributed by atoms with Crippen molar-refractivity contribution in [1.82, 2.24) is 42.0 Å². The molecule has 0 saturated carbocycles. The molecule has 10 aliphatic heterocycles. The first-order chi connectivity index (χ1) is 65.3. The van der Waals surface area contributed by atoms with Gasteiger partial charge in [0.05, 0.1) is 237 Å². The Labute approximate surface area is 877 Å². The number of ether oxygens (including phenoxy) is 9. The average molecular weight is 2390 g/mol. The molecule has 8 aromatic carbocycles. The summed E-state index contributed by atoms with van der Waals surface area (Å²) in [5, 5.41) is 0. The number of morpholine rings is 9. The maximum atomic E-state index is 6.19. The first-order valence-electron chi connectivity index (χ1n) is 47.2. The Kier molecular flexibility index (Phi) is 52.2. The summed E-state index contributed by atoms with van der Waals surface area (Å²) < 4.78 is 75.8. The summed E-state index contributed by atoms with van der Waals surface area (Å²) in [5.41, 5.74) is 26.0. The Hall–Kier alpha value is -2.88. The van der Waals surface area contributed by atoms with E-state index in [-0.39, 0.29) is 31.8 Å². The second-order valence-electron chi connectivity index (χ2n) is 34.7. The Morgan fingerprint density at radius 2 is 0.482 bits per heavy atom. The van der Waals surface area contributed by atoms with Crippen LogP contribution in [-0.2, 0) is 69.7 Å². The quantitative estimate of drug-likeness (QED) is 0.0444. The van der Waals surface area contributed by atoms with Crippen LogP contribution in [0.1, 0.15) is 104 Å². The van der Waals surface area contributed by atoms with E-state index in [9.17, 15) is 0 Å². The zero-order valence-electron chi connectivity index (χ0n) is 80.4. The molecular formula is C105H150BrCl4IN11O9P3Ru2S+2. The minimum absolute atomic E-state index is 0. The van der Waals surface area contributed by atoms with Gasteiger partial charge in [0.2, 0.25) is 25.1 Å². The third-order valence-corrected chi connectivity index (χ3v) is 42.4. The van der Waals surface area contributed by atoms with Crippen LogP contribution in [0.25, 0.3) is 11.1 Å². The van der Waals surface area contributed by atoms with Gasteiger partial charge in [0.15, 0.2) is 0 Å². The number of halogens is 6. The summed E-state index contributed by atoms with van der Waals surface area (Å²) in [5.74, 6) is 0. The molecule has 32 heteroatoms. The second kappa shape index (κ2) is 61.7. The summed E-state index contributed by atoms with van der Waals surface area (Å²) in [7, 11) is 24.2. The predicted molar refractivity (Wildman–Crippen MR) is 594 cm³/mol. The molecule has 0 spiro atoms.